The van der Waals surface area contributed by atoms with Gasteiger partial charge in [0.25, 0.3) is 0 Å². The van der Waals surface area contributed by atoms with Crippen LogP contribution in [0.2, 0.25) is 0 Å². The van der Waals surface area contributed by atoms with E-state index in [-0.39, 0.29) is 49.7 Å². The molecule has 0 spiro atoms. The Bertz CT molecular complexity index is 1500. The van der Waals surface area contributed by atoms with Gasteiger partial charge in [0.1, 0.15) is 7.05 Å². The molecule has 0 N–H and O–H groups in total. The Hall–Kier alpha value is -2.67. The van der Waals surface area contributed by atoms with Crippen LogP contribution in [0.25, 0.3) is 21.8 Å². The molecule has 6 rings (SSSR count). The molecule has 0 radical (unpaired) electrons. The molecule has 2 aromatic heterocycles. The van der Waals surface area contributed by atoms with Gasteiger partial charge >= 0.3 is 0 Å². The van der Waals surface area contributed by atoms with Crippen LogP contribution in [0.4, 0.5) is 11.4 Å². The molecule has 0 fully saturated rings. The Balaban J connectivity index is 0.000000234. The Morgan fingerprint density at radius 1 is 0.694 bits per heavy atom. The topological polar surface area (TPSA) is 41.5 Å². The summed E-state index contributed by atoms with van der Waals surface area (Å²) in [4.78, 5) is 13.8. The molecule has 0 aliphatic carbocycles. The first kappa shape index (κ1) is 29.6. The number of aliphatic imine (C=N–C) groups is 2. The third-order valence-corrected chi connectivity index (χ3v) is 7.62. The summed E-state index contributed by atoms with van der Waals surface area (Å²) in [5.74, 6) is 0. The minimum atomic E-state index is 0. The molecule has 0 amide bonds. The Morgan fingerprint density at radius 3 is 1.83 bits per heavy atom. The number of nitrogens with zero attached hydrogens (tertiary/aromatic N) is 4. The van der Waals surface area contributed by atoms with E-state index in [2.05, 4.69) is 107 Å². The van der Waals surface area contributed by atoms with E-state index >= 15 is 0 Å². The predicted octanol–water partition coefficient (Wildman–Crippen LogP) is 4.94. The van der Waals surface area contributed by atoms with Gasteiger partial charge in [-0.3, -0.25) is 15.0 Å². The molecule has 4 nitrogen and oxygen atoms in total. The van der Waals surface area contributed by atoms with Crippen molar-refractivity contribution < 1.29 is 28.5 Å². The van der Waals surface area contributed by atoms with Crippen molar-refractivity contribution in [1.29, 1.82) is 0 Å². The van der Waals surface area contributed by atoms with Crippen LogP contribution >= 0.6 is 0 Å². The number of pyridine rings is 2. The van der Waals surface area contributed by atoms with Gasteiger partial charge in [0.05, 0.1) is 22.3 Å². The van der Waals surface area contributed by atoms with Crippen LogP contribution in [0.15, 0.2) is 70.9 Å². The summed E-state index contributed by atoms with van der Waals surface area (Å²) in [6.45, 7) is 13.1. The number of aromatic nitrogens is 2. The third-order valence-electron chi connectivity index (χ3n) is 7.62. The molecule has 36 heavy (non-hydrogen) atoms. The number of hydrogen-bond acceptors (Lipinski definition) is 3. The number of halogens is 1. The monoisotopic (exact) mass is 594 g/mol. The second-order valence-corrected chi connectivity index (χ2v) is 10.2. The van der Waals surface area contributed by atoms with Crippen molar-refractivity contribution in [3.05, 3.63) is 72.1 Å². The zero-order chi connectivity index (χ0) is 23.5. The van der Waals surface area contributed by atoms with E-state index in [1.54, 1.807) is 0 Å². The molecule has 0 saturated carbocycles. The van der Waals surface area contributed by atoms with Gasteiger partial charge in [0.15, 0.2) is 6.20 Å². The van der Waals surface area contributed by atoms with Gasteiger partial charge in [0.2, 0.25) is 5.52 Å². The van der Waals surface area contributed by atoms with Crippen LogP contribution in [0.3, 0.4) is 0 Å². The molecular weight excluding hydrogens is 555 g/mol. The SMILES string of the molecule is C.C.CC1=Nc2c(ccc3c2ccc[n+]3C)C1(C)C.CC1=Nc2c(ccc3ncccc23)C1(C)C.[I-]. The lowest BCUT2D eigenvalue weighted by molar-refractivity contribution is -0.644. The van der Waals surface area contributed by atoms with Gasteiger partial charge in [-0.1, -0.05) is 48.6 Å². The highest BCUT2D eigenvalue weighted by Gasteiger charge is 2.34. The Kier molecular flexibility index (Phi) is 8.51. The highest BCUT2D eigenvalue weighted by atomic mass is 127. The van der Waals surface area contributed by atoms with Crippen molar-refractivity contribution >= 4 is 44.6 Å². The first-order valence-electron chi connectivity index (χ1n) is 11.5. The fourth-order valence-electron chi connectivity index (χ4n) is 4.81. The number of rotatable bonds is 0. The Morgan fingerprint density at radius 2 is 1.22 bits per heavy atom. The second kappa shape index (κ2) is 10.4. The highest BCUT2D eigenvalue weighted by molar-refractivity contribution is 6.07. The zero-order valence-electron chi connectivity index (χ0n) is 20.9. The molecule has 2 aliphatic rings. The van der Waals surface area contributed by atoms with E-state index in [4.69, 9.17) is 9.98 Å². The number of benzene rings is 2. The van der Waals surface area contributed by atoms with E-state index in [1.807, 2.05) is 12.3 Å². The maximum Gasteiger partial charge on any atom is 0.214 e. The normalized spacial score (nSPS) is 15.8. The molecule has 4 heterocycles. The lowest BCUT2D eigenvalue weighted by atomic mass is 9.82. The molecule has 190 valence electrons. The summed E-state index contributed by atoms with van der Waals surface area (Å²) in [6.07, 6.45) is 3.90. The van der Waals surface area contributed by atoms with Crippen LogP contribution in [-0.4, -0.2) is 16.4 Å². The number of fused-ring (bicyclic) bond motifs is 6. The van der Waals surface area contributed by atoms with E-state index < -0.39 is 0 Å². The molecular formula is C31H39IN4. The van der Waals surface area contributed by atoms with E-state index in [1.165, 1.54) is 33.5 Å². The summed E-state index contributed by atoms with van der Waals surface area (Å²) in [6, 6.07) is 17.0. The molecule has 0 saturated heterocycles. The summed E-state index contributed by atoms with van der Waals surface area (Å²) in [5.41, 5.74) is 9.67. The van der Waals surface area contributed by atoms with Crippen molar-refractivity contribution in [2.24, 2.45) is 17.0 Å². The fraction of sp³-hybridized carbons (Fsp3) is 0.355. The molecule has 0 atom stereocenters. The summed E-state index contributed by atoms with van der Waals surface area (Å²) < 4.78 is 2.14. The van der Waals surface area contributed by atoms with E-state index in [0.29, 0.717) is 0 Å². The van der Waals surface area contributed by atoms with Crippen molar-refractivity contribution in [3.63, 3.8) is 0 Å². The summed E-state index contributed by atoms with van der Waals surface area (Å²) >= 11 is 0. The molecule has 2 aromatic carbocycles. The van der Waals surface area contributed by atoms with Crippen LogP contribution < -0.4 is 28.5 Å². The van der Waals surface area contributed by atoms with Gasteiger partial charge in [-0.25, -0.2) is 4.57 Å². The summed E-state index contributed by atoms with van der Waals surface area (Å²) in [7, 11) is 2.07. The van der Waals surface area contributed by atoms with Crippen LogP contribution in [0.1, 0.15) is 67.5 Å². The Labute approximate surface area is 233 Å². The first-order valence-corrected chi connectivity index (χ1v) is 11.5. The number of aryl methyl sites for hydroxylation is 1. The largest absolute Gasteiger partial charge is 1.00 e. The van der Waals surface area contributed by atoms with Crippen LogP contribution in [0.5, 0.6) is 0 Å². The van der Waals surface area contributed by atoms with Crippen molar-refractivity contribution in [3.8, 4) is 0 Å². The lowest BCUT2D eigenvalue weighted by Gasteiger charge is -2.19. The summed E-state index contributed by atoms with van der Waals surface area (Å²) in [5, 5.41) is 2.40. The molecule has 5 heteroatoms. The standard InChI is InChI=1S/C15H17N2.C14H14N2.2CH4.HI/c1-10-15(2,3)12-7-8-13-11(14(12)16-10)6-5-9-17(13)4;1-9-14(2,3)11-6-7-12-10(13(11)16-9)5-4-8-15-12;;;/h5-9H,1-4H3;4-8H,1-3H3;2*1H4;1H/q+1;;;;/p-1. The molecule has 4 aromatic rings. The quantitative estimate of drug-likeness (QED) is 0.210. The minimum absolute atomic E-state index is 0. The van der Waals surface area contributed by atoms with E-state index in [0.717, 1.165) is 22.3 Å². The van der Waals surface area contributed by atoms with Crippen molar-refractivity contribution in [2.45, 2.75) is 67.2 Å². The van der Waals surface area contributed by atoms with Crippen LogP contribution in [-0.2, 0) is 17.9 Å². The smallest absolute Gasteiger partial charge is 0.214 e. The molecule has 0 unspecified atom stereocenters. The molecule has 2 aliphatic heterocycles. The minimum Gasteiger partial charge on any atom is -1.00 e. The first-order chi connectivity index (χ1) is 15.6. The van der Waals surface area contributed by atoms with Gasteiger partial charge < -0.3 is 24.0 Å². The average Bonchev–Trinajstić information content (AvgIpc) is 3.17. The maximum absolute atomic E-state index is 4.78. The predicted molar refractivity (Wildman–Crippen MR) is 152 cm³/mol. The fourth-order valence-corrected chi connectivity index (χ4v) is 4.81. The third kappa shape index (κ3) is 4.47. The maximum atomic E-state index is 4.78. The lowest BCUT2D eigenvalue weighted by Crippen LogP contribution is -3.00. The van der Waals surface area contributed by atoms with Crippen molar-refractivity contribution in [1.82, 2.24) is 4.98 Å². The number of hydrogen-bond donors (Lipinski definition) is 0. The average molecular weight is 595 g/mol. The van der Waals surface area contributed by atoms with Gasteiger partial charge in [-0.15, -0.1) is 0 Å². The van der Waals surface area contributed by atoms with Gasteiger partial charge in [-0.2, -0.15) is 0 Å². The second-order valence-electron chi connectivity index (χ2n) is 10.2. The van der Waals surface area contributed by atoms with Crippen LogP contribution in [0, 0.1) is 0 Å². The highest BCUT2D eigenvalue weighted by Crippen LogP contribution is 2.44. The van der Waals surface area contributed by atoms with E-state index in [9.17, 15) is 0 Å². The zero-order valence-corrected chi connectivity index (χ0v) is 23.1. The van der Waals surface area contributed by atoms with Crippen molar-refractivity contribution in [2.75, 3.05) is 0 Å². The molecule has 0 bridgehead atoms. The van der Waals surface area contributed by atoms with Gasteiger partial charge in [-0.05, 0) is 55.3 Å². The van der Waals surface area contributed by atoms with Gasteiger partial charge in [0, 0.05) is 46.0 Å².